The second-order valence-electron chi connectivity index (χ2n) is 4.23. The third-order valence-electron chi connectivity index (χ3n) is 2.85. The van der Waals surface area contributed by atoms with Crippen LogP contribution in [0.2, 0.25) is 0 Å². The first-order chi connectivity index (χ1) is 9.56. The lowest BCUT2D eigenvalue weighted by Gasteiger charge is -2.15. The van der Waals surface area contributed by atoms with E-state index in [0.717, 1.165) is 5.56 Å². The molecular weight excluding hydrogens is 263 g/mol. The fraction of sp³-hybridized carbons (Fsp3) is 0.286. The van der Waals surface area contributed by atoms with Crippen LogP contribution in [0.15, 0.2) is 24.4 Å². The Bertz CT molecular complexity index is 619. The number of benzene rings is 1. The van der Waals surface area contributed by atoms with Crippen LogP contribution in [0.25, 0.3) is 0 Å². The van der Waals surface area contributed by atoms with E-state index in [1.807, 2.05) is 6.92 Å². The highest BCUT2D eigenvalue weighted by Crippen LogP contribution is 2.29. The maximum absolute atomic E-state index is 13.8. The van der Waals surface area contributed by atoms with E-state index in [-0.39, 0.29) is 23.0 Å². The number of aliphatic hydroxyl groups is 1. The van der Waals surface area contributed by atoms with Crippen LogP contribution in [0.1, 0.15) is 22.9 Å². The van der Waals surface area contributed by atoms with Crippen molar-refractivity contribution in [3.8, 4) is 11.8 Å². The highest BCUT2D eigenvalue weighted by atomic mass is 19.1. The summed E-state index contributed by atoms with van der Waals surface area (Å²) in [6, 6.07) is 4.49. The van der Waals surface area contributed by atoms with Crippen LogP contribution in [0.4, 0.5) is 4.39 Å². The van der Waals surface area contributed by atoms with E-state index in [9.17, 15) is 9.50 Å². The summed E-state index contributed by atoms with van der Waals surface area (Å²) in [5.74, 6) is -0.164. The van der Waals surface area contributed by atoms with Gasteiger partial charge in [-0.3, -0.25) is 0 Å². The summed E-state index contributed by atoms with van der Waals surface area (Å²) in [7, 11) is 2.84. The van der Waals surface area contributed by atoms with E-state index >= 15 is 0 Å². The minimum Gasteiger partial charge on any atom is -0.480 e. The molecule has 5 nitrogen and oxygen atoms in total. The minimum absolute atomic E-state index is 0.0951. The molecule has 0 saturated heterocycles. The van der Waals surface area contributed by atoms with Gasteiger partial charge in [0.25, 0.3) is 0 Å². The van der Waals surface area contributed by atoms with Crippen molar-refractivity contribution in [2.24, 2.45) is 0 Å². The zero-order valence-corrected chi connectivity index (χ0v) is 11.4. The number of ether oxygens (including phenoxy) is 2. The molecule has 0 aliphatic rings. The third-order valence-corrected chi connectivity index (χ3v) is 2.85. The van der Waals surface area contributed by atoms with E-state index in [4.69, 9.17) is 9.47 Å². The second-order valence-corrected chi connectivity index (χ2v) is 4.23. The zero-order chi connectivity index (χ0) is 14.7. The number of nitrogens with zero attached hydrogens (tertiary/aromatic N) is 2. The van der Waals surface area contributed by atoms with Gasteiger partial charge in [0.2, 0.25) is 11.8 Å². The van der Waals surface area contributed by atoms with Gasteiger partial charge in [0.15, 0.2) is 0 Å². The molecule has 0 radical (unpaired) electrons. The van der Waals surface area contributed by atoms with Crippen molar-refractivity contribution in [1.29, 1.82) is 0 Å². The van der Waals surface area contributed by atoms with Crippen LogP contribution >= 0.6 is 0 Å². The third kappa shape index (κ3) is 2.70. The van der Waals surface area contributed by atoms with Gasteiger partial charge in [0.05, 0.1) is 20.4 Å². The highest BCUT2D eigenvalue weighted by molar-refractivity contribution is 5.35. The van der Waals surface area contributed by atoms with Crippen LogP contribution in [0, 0.1) is 12.7 Å². The second kappa shape index (κ2) is 5.83. The van der Waals surface area contributed by atoms with Gasteiger partial charge in [-0.15, -0.1) is 0 Å². The summed E-state index contributed by atoms with van der Waals surface area (Å²) >= 11 is 0. The molecule has 0 amide bonds. The van der Waals surface area contributed by atoms with Crippen LogP contribution in [0.5, 0.6) is 11.8 Å². The van der Waals surface area contributed by atoms with Crippen molar-refractivity contribution in [3.63, 3.8) is 0 Å². The maximum Gasteiger partial charge on any atom is 0.241 e. The molecule has 2 aromatic rings. The summed E-state index contributed by atoms with van der Waals surface area (Å²) < 4.78 is 23.8. The van der Waals surface area contributed by atoms with Crippen LogP contribution in [-0.2, 0) is 0 Å². The Morgan fingerprint density at radius 1 is 1.25 bits per heavy atom. The number of aryl methyl sites for hydroxylation is 1. The van der Waals surface area contributed by atoms with E-state index in [2.05, 4.69) is 9.97 Å². The van der Waals surface area contributed by atoms with E-state index in [1.165, 1.54) is 26.5 Å². The Labute approximate surface area is 116 Å². The molecule has 1 heterocycles. The first-order valence-electron chi connectivity index (χ1n) is 5.96. The van der Waals surface area contributed by atoms with Gasteiger partial charge in [0, 0.05) is 5.56 Å². The smallest absolute Gasteiger partial charge is 0.241 e. The number of rotatable bonds is 4. The van der Waals surface area contributed by atoms with Gasteiger partial charge < -0.3 is 14.6 Å². The SMILES string of the molecule is COc1cnc(C(O)c2cc(C)ccc2F)c(OC)n1. The topological polar surface area (TPSA) is 64.5 Å². The van der Waals surface area contributed by atoms with Crippen molar-refractivity contribution in [3.05, 3.63) is 47.0 Å². The van der Waals surface area contributed by atoms with Gasteiger partial charge in [0.1, 0.15) is 17.6 Å². The summed E-state index contributed by atoms with van der Waals surface area (Å²) in [5, 5.41) is 10.3. The van der Waals surface area contributed by atoms with Gasteiger partial charge in [-0.2, -0.15) is 4.98 Å². The number of aromatic nitrogens is 2. The predicted molar refractivity (Wildman–Crippen MR) is 70.3 cm³/mol. The Hall–Kier alpha value is -2.21. The average molecular weight is 278 g/mol. The van der Waals surface area contributed by atoms with E-state index in [0.29, 0.717) is 0 Å². The molecule has 0 aliphatic heterocycles. The summed E-state index contributed by atoms with van der Waals surface area (Å²) in [6.07, 6.45) is 0.0812. The molecule has 0 fully saturated rings. The molecule has 0 bridgehead atoms. The summed E-state index contributed by atoms with van der Waals surface area (Å²) in [5.41, 5.74) is 1.10. The van der Waals surface area contributed by atoms with Crippen molar-refractivity contribution >= 4 is 0 Å². The van der Waals surface area contributed by atoms with Crippen LogP contribution < -0.4 is 9.47 Å². The number of halogens is 1. The molecule has 1 atom stereocenters. The number of aliphatic hydroxyl groups excluding tert-OH is 1. The molecule has 1 unspecified atom stereocenters. The number of hydrogen-bond donors (Lipinski definition) is 1. The van der Waals surface area contributed by atoms with Gasteiger partial charge >= 0.3 is 0 Å². The highest BCUT2D eigenvalue weighted by Gasteiger charge is 2.22. The molecule has 1 aromatic heterocycles. The average Bonchev–Trinajstić information content (AvgIpc) is 2.48. The lowest BCUT2D eigenvalue weighted by atomic mass is 10.0. The monoisotopic (exact) mass is 278 g/mol. The normalized spacial score (nSPS) is 12.1. The fourth-order valence-corrected chi connectivity index (χ4v) is 1.82. The predicted octanol–water partition coefficient (Wildman–Crippen LogP) is 2.02. The number of methoxy groups -OCH3 is 2. The largest absolute Gasteiger partial charge is 0.480 e. The van der Waals surface area contributed by atoms with Gasteiger partial charge in [-0.1, -0.05) is 17.7 Å². The first kappa shape index (κ1) is 14.2. The Balaban J connectivity index is 2.47. The van der Waals surface area contributed by atoms with Gasteiger partial charge in [-0.05, 0) is 13.0 Å². The van der Waals surface area contributed by atoms with Crippen molar-refractivity contribution < 1.29 is 19.0 Å². The molecule has 0 spiro atoms. The fourth-order valence-electron chi connectivity index (χ4n) is 1.82. The Kier molecular flexibility index (Phi) is 4.14. The van der Waals surface area contributed by atoms with E-state index in [1.54, 1.807) is 12.1 Å². The Morgan fingerprint density at radius 3 is 2.65 bits per heavy atom. The quantitative estimate of drug-likeness (QED) is 0.927. The number of hydrogen-bond acceptors (Lipinski definition) is 5. The molecule has 1 N–H and O–H groups in total. The summed E-state index contributed by atoms with van der Waals surface area (Å²) in [6.45, 7) is 1.81. The Morgan fingerprint density at radius 2 is 2.00 bits per heavy atom. The molecule has 0 saturated carbocycles. The minimum atomic E-state index is -1.26. The molecular formula is C14H15FN2O3. The molecule has 20 heavy (non-hydrogen) atoms. The summed E-state index contributed by atoms with van der Waals surface area (Å²) in [4.78, 5) is 8.06. The molecule has 2 rings (SSSR count). The molecule has 0 aliphatic carbocycles. The lowest BCUT2D eigenvalue weighted by molar-refractivity contribution is 0.201. The molecule has 1 aromatic carbocycles. The van der Waals surface area contributed by atoms with Gasteiger partial charge in [-0.25, -0.2) is 9.37 Å². The van der Waals surface area contributed by atoms with Crippen LogP contribution in [-0.4, -0.2) is 29.3 Å². The van der Waals surface area contributed by atoms with Crippen molar-refractivity contribution in [2.75, 3.05) is 14.2 Å². The molecule has 106 valence electrons. The maximum atomic E-state index is 13.8. The van der Waals surface area contributed by atoms with Crippen molar-refractivity contribution in [2.45, 2.75) is 13.0 Å². The van der Waals surface area contributed by atoms with Crippen LogP contribution in [0.3, 0.4) is 0 Å². The zero-order valence-electron chi connectivity index (χ0n) is 11.4. The first-order valence-corrected chi connectivity index (χ1v) is 5.96. The standard InChI is InChI=1S/C14H15FN2O3/c1-8-4-5-10(15)9(6-8)13(18)12-14(20-3)17-11(19-2)7-16-12/h4-7,13,18H,1-3H3. The van der Waals surface area contributed by atoms with E-state index < -0.39 is 11.9 Å². The lowest BCUT2D eigenvalue weighted by Crippen LogP contribution is -2.09. The van der Waals surface area contributed by atoms with Crippen molar-refractivity contribution in [1.82, 2.24) is 9.97 Å². The molecule has 6 heteroatoms.